The quantitative estimate of drug-likeness (QED) is 0.805. The van der Waals surface area contributed by atoms with Crippen LogP contribution in [0.3, 0.4) is 0 Å². The lowest BCUT2D eigenvalue weighted by Gasteiger charge is -2.39. The van der Waals surface area contributed by atoms with Crippen LogP contribution in [0.15, 0.2) is 0 Å². The van der Waals surface area contributed by atoms with Gasteiger partial charge in [0.15, 0.2) is 0 Å². The number of carbonyl (C=O) groups is 2. The molecule has 1 atom stereocenters. The molecule has 0 aliphatic carbocycles. The van der Waals surface area contributed by atoms with Gasteiger partial charge in [-0.15, -0.1) is 0 Å². The maximum absolute atomic E-state index is 11.8. The number of nitrogens with one attached hydrogen (secondary N) is 1. The molecule has 2 amide bonds. The number of aliphatic carboxylic acids is 1. The van der Waals surface area contributed by atoms with Crippen LogP contribution in [0.5, 0.6) is 0 Å². The van der Waals surface area contributed by atoms with E-state index in [0.29, 0.717) is 25.6 Å². The summed E-state index contributed by atoms with van der Waals surface area (Å²) in [5, 5.41) is 11.5. The molecule has 0 aromatic carbocycles. The summed E-state index contributed by atoms with van der Waals surface area (Å²) < 4.78 is 0. The predicted molar refractivity (Wildman–Crippen MR) is 69.3 cm³/mol. The molecule has 0 saturated carbocycles. The van der Waals surface area contributed by atoms with E-state index in [0.717, 1.165) is 0 Å². The van der Waals surface area contributed by atoms with Crippen molar-refractivity contribution in [3.05, 3.63) is 0 Å². The Bertz CT molecular complexity index is 317. The Hall–Kier alpha value is -1.26. The molecular weight excluding hydrogens is 232 g/mol. The second kappa shape index (κ2) is 5.59. The van der Waals surface area contributed by atoms with Crippen molar-refractivity contribution in [2.75, 3.05) is 19.6 Å². The zero-order valence-corrected chi connectivity index (χ0v) is 11.7. The van der Waals surface area contributed by atoms with Gasteiger partial charge in [-0.2, -0.15) is 0 Å². The molecule has 104 valence electrons. The molecule has 0 spiro atoms. The van der Waals surface area contributed by atoms with Gasteiger partial charge in [0.1, 0.15) is 0 Å². The van der Waals surface area contributed by atoms with E-state index in [1.165, 1.54) is 0 Å². The largest absolute Gasteiger partial charge is 0.481 e. The second-order valence-corrected chi connectivity index (χ2v) is 6.32. The van der Waals surface area contributed by atoms with E-state index in [1.54, 1.807) is 4.90 Å². The van der Waals surface area contributed by atoms with Crippen LogP contribution in [-0.4, -0.2) is 41.6 Å². The van der Waals surface area contributed by atoms with E-state index in [2.05, 4.69) is 33.0 Å². The molecule has 1 fully saturated rings. The molecule has 0 radical (unpaired) electrons. The minimum Gasteiger partial charge on any atom is -0.481 e. The van der Waals surface area contributed by atoms with Gasteiger partial charge < -0.3 is 15.3 Å². The monoisotopic (exact) mass is 256 g/mol. The van der Waals surface area contributed by atoms with Crippen LogP contribution in [-0.2, 0) is 4.79 Å². The average Bonchev–Trinajstić information content (AvgIpc) is 2.16. The highest BCUT2D eigenvalue weighted by Gasteiger charge is 2.32. The third-order valence-corrected chi connectivity index (χ3v) is 3.75. The number of nitrogens with zero attached hydrogens (tertiary/aromatic N) is 1. The van der Waals surface area contributed by atoms with Crippen LogP contribution < -0.4 is 5.32 Å². The normalized spacial score (nSPS) is 18.1. The highest BCUT2D eigenvalue weighted by molar-refractivity contribution is 5.75. The SMILES string of the molecule is CC(CNC(=O)N1CC(CC(=O)O)C1)C(C)(C)C. The van der Waals surface area contributed by atoms with E-state index in [4.69, 9.17) is 5.11 Å². The number of urea groups is 1. The van der Waals surface area contributed by atoms with Crippen LogP contribution in [0, 0.1) is 17.3 Å². The molecule has 2 N–H and O–H groups in total. The molecule has 0 bridgehead atoms. The maximum atomic E-state index is 11.8. The van der Waals surface area contributed by atoms with Crippen molar-refractivity contribution in [2.24, 2.45) is 17.3 Å². The molecule has 0 aromatic rings. The number of carbonyl (C=O) groups excluding carboxylic acids is 1. The summed E-state index contributed by atoms with van der Waals surface area (Å²) in [6.07, 6.45) is 0.155. The van der Waals surface area contributed by atoms with Crippen LogP contribution in [0.1, 0.15) is 34.1 Å². The van der Waals surface area contributed by atoms with Crippen LogP contribution in [0.4, 0.5) is 4.79 Å². The zero-order chi connectivity index (χ0) is 13.9. The smallest absolute Gasteiger partial charge is 0.317 e. The Balaban J connectivity index is 2.22. The molecule has 18 heavy (non-hydrogen) atoms. The summed E-state index contributed by atoms with van der Waals surface area (Å²) >= 11 is 0. The van der Waals surface area contributed by atoms with Crippen molar-refractivity contribution in [3.63, 3.8) is 0 Å². The summed E-state index contributed by atoms with van der Waals surface area (Å²) in [5.74, 6) is -0.271. The highest BCUT2D eigenvalue weighted by Crippen LogP contribution is 2.24. The number of rotatable bonds is 4. The lowest BCUT2D eigenvalue weighted by molar-refractivity contribution is -0.139. The molecule has 5 nitrogen and oxygen atoms in total. The first-order valence-electron chi connectivity index (χ1n) is 6.44. The fourth-order valence-corrected chi connectivity index (χ4v) is 1.77. The summed E-state index contributed by atoms with van der Waals surface area (Å²) in [6, 6.07) is -0.0762. The van der Waals surface area contributed by atoms with E-state index >= 15 is 0 Å². The lowest BCUT2D eigenvalue weighted by atomic mass is 9.82. The van der Waals surface area contributed by atoms with E-state index in [9.17, 15) is 9.59 Å². The van der Waals surface area contributed by atoms with Crippen molar-refractivity contribution in [3.8, 4) is 0 Å². The molecule has 0 aromatic heterocycles. The number of hydrogen-bond donors (Lipinski definition) is 2. The zero-order valence-electron chi connectivity index (χ0n) is 11.7. The third-order valence-electron chi connectivity index (χ3n) is 3.75. The Morgan fingerprint density at radius 3 is 2.39 bits per heavy atom. The standard InChI is InChI=1S/C13H24N2O3/c1-9(13(2,3)4)6-14-12(18)15-7-10(8-15)5-11(16)17/h9-10H,5-8H2,1-4H3,(H,14,18)(H,16,17). The summed E-state index contributed by atoms with van der Waals surface area (Å²) in [4.78, 5) is 23.9. The number of likely N-dealkylation sites (tertiary alicyclic amines) is 1. The van der Waals surface area contributed by atoms with Gasteiger partial charge in [-0.05, 0) is 11.3 Å². The third kappa shape index (κ3) is 4.20. The molecule has 1 rings (SSSR count). The van der Waals surface area contributed by atoms with E-state index in [1.807, 2.05) is 0 Å². The molecule has 1 unspecified atom stereocenters. The Morgan fingerprint density at radius 1 is 1.39 bits per heavy atom. The van der Waals surface area contributed by atoms with Gasteiger partial charge in [0.05, 0.1) is 6.42 Å². The first-order chi connectivity index (χ1) is 8.20. The van der Waals surface area contributed by atoms with Crippen molar-refractivity contribution >= 4 is 12.0 Å². The van der Waals surface area contributed by atoms with Crippen LogP contribution in [0.25, 0.3) is 0 Å². The fourth-order valence-electron chi connectivity index (χ4n) is 1.77. The van der Waals surface area contributed by atoms with E-state index in [-0.39, 0.29) is 23.8 Å². The van der Waals surface area contributed by atoms with Gasteiger partial charge in [-0.3, -0.25) is 4.79 Å². The Kier molecular flexibility index (Phi) is 4.59. The Labute approximate surface area is 109 Å². The topological polar surface area (TPSA) is 69.6 Å². The van der Waals surface area contributed by atoms with Crippen molar-refractivity contribution in [1.82, 2.24) is 10.2 Å². The minimum atomic E-state index is -0.790. The summed E-state index contributed by atoms with van der Waals surface area (Å²) in [5.41, 5.74) is 0.175. The van der Waals surface area contributed by atoms with Crippen LogP contribution in [0.2, 0.25) is 0 Å². The number of amides is 2. The number of carboxylic acids is 1. The minimum absolute atomic E-state index is 0.0762. The van der Waals surface area contributed by atoms with Gasteiger partial charge in [0.25, 0.3) is 0 Å². The lowest BCUT2D eigenvalue weighted by Crippen LogP contribution is -2.55. The van der Waals surface area contributed by atoms with Gasteiger partial charge in [-0.25, -0.2) is 4.79 Å². The molecule has 1 heterocycles. The Morgan fingerprint density at radius 2 is 1.94 bits per heavy atom. The van der Waals surface area contributed by atoms with Gasteiger partial charge in [-0.1, -0.05) is 27.7 Å². The van der Waals surface area contributed by atoms with Crippen molar-refractivity contribution in [2.45, 2.75) is 34.1 Å². The maximum Gasteiger partial charge on any atom is 0.317 e. The predicted octanol–water partition coefficient (Wildman–Crippen LogP) is 1.78. The molecule has 5 heteroatoms. The summed E-state index contributed by atoms with van der Waals surface area (Å²) in [7, 11) is 0. The van der Waals surface area contributed by atoms with E-state index < -0.39 is 5.97 Å². The number of hydrogen-bond acceptors (Lipinski definition) is 2. The van der Waals surface area contributed by atoms with Gasteiger partial charge >= 0.3 is 12.0 Å². The van der Waals surface area contributed by atoms with Crippen LogP contribution >= 0.6 is 0 Å². The second-order valence-electron chi connectivity index (χ2n) is 6.32. The molecule has 1 saturated heterocycles. The molecular formula is C13H24N2O3. The fraction of sp³-hybridized carbons (Fsp3) is 0.846. The van der Waals surface area contributed by atoms with Gasteiger partial charge in [0, 0.05) is 25.6 Å². The molecule has 1 aliphatic heterocycles. The van der Waals surface area contributed by atoms with Crippen molar-refractivity contribution in [1.29, 1.82) is 0 Å². The highest BCUT2D eigenvalue weighted by atomic mass is 16.4. The molecule has 1 aliphatic rings. The van der Waals surface area contributed by atoms with Crippen molar-refractivity contribution < 1.29 is 14.7 Å². The first kappa shape index (κ1) is 14.8. The number of carboxylic acid groups (broad SMARTS) is 1. The summed E-state index contributed by atoms with van der Waals surface area (Å²) in [6.45, 7) is 10.3. The average molecular weight is 256 g/mol. The first-order valence-corrected chi connectivity index (χ1v) is 6.44. The van der Waals surface area contributed by atoms with Gasteiger partial charge in [0.2, 0.25) is 0 Å².